The third-order valence-corrected chi connectivity index (χ3v) is 4.08. The lowest BCUT2D eigenvalue weighted by molar-refractivity contribution is -0.385. The largest absolute Gasteiger partial charge is 0.341 e. The molecule has 2 aromatic rings. The fourth-order valence-electron chi connectivity index (χ4n) is 2.62. The van der Waals surface area contributed by atoms with Gasteiger partial charge in [0.2, 0.25) is 5.91 Å². The molecule has 0 radical (unpaired) electrons. The number of hydrogen-bond donors (Lipinski definition) is 1. The molecule has 0 aliphatic carbocycles. The van der Waals surface area contributed by atoms with E-state index in [1.807, 2.05) is 30.3 Å². The van der Waals surface area contributed by atoms with Crippen molar-refractivity contribution in [2.45, 2.75) is 19.5 Å². The average molecular weight is 327 g/mol. The Morgan fingerprint density at radius 1 is 1.17 bits per heavy atom. The van der Waals surface area contributed by atoms with E-state index in [0.29, 0.717) is 5.56 Å². The first-order valence-electron chi connectivity index (χ1n) is 7.69. The number of rotatable bonds is 6. The molecule has 0 aromatic heterocycles. The van der Waals surface area contributed by atoms with E-state index in [2.05, 4.69) is 0 Å². The highest BCUT2D eigenvalue weighted by molar-refractivity contribution is 5.79. The molecule has 0 heterocycles. The SMILES string of the molecule is C[C@@H](C(=O)N(C)Cc1ccccc1[N+](=O)[O-])[C@@H](N)c1ccccc1. The Labute approximate surface area is 141 Å². The van der Waals surface area contributed by atoms with Gasteiger partial charge in [-0.05, 0) is 5.56 Å². The summed E-state index contributed by atoms with van der Waals surface area (Å²) in [5, 5.41) is 11.1. The standard InChI is InChI=1S/C18H21N3O3/c1-13(17(19)14-8-4-3-5-9-14)18(22)20(2)12-15-10-6-7-11-16(15)21(23)24/h3-11,13,17H,12,19H2,1-2H3/t13-,17-/m1/s1. The number of nitrogens with two attached hydrogens (primary N) is 1. The molecule has 126 valence electrons. The van der Waals surface area contributed by atoms with Crippen molar-refractivity contribution in [1.29, 1.82) is 0 Å². The molecule has 24 heavy (non-hydrogen) atoms. The summed E-state index contributed by atoms with van der Waals surface area (Å²) in [6.07, 6.45) is 0. The summed E-state index contributed by atoms with van der Waals surface area (Å²) in [6, 6.07) is 15.4. The summed E-state index contributed by atoms with van der Waals surface area (Å²) in [4.78, 5) is 24.7. The number of para-hydroxylation sites is 1. The number of nitrogens with zero attached hydrogens (tertiary/aromatic N) is 2. The first-order valence-corrected chi connectivity index (χ1v) is 7.69. The maximum Gasteiger partial charge on any atom is 0.274 e. The fourth-order valence-corrected chi connectivity index (χ4v) is 2.62. The molecule has 2 atom stereocenters. The van der Waals surface area contributed by atoms with E-state index in [1.165, 1.54) is 11.0 Å². The second-order valence-corrected chi connectivity index (χ2v) is 5.81. The van der Waals surface area contributed by atoms with Crippen molar-refractivity contribution >= 4 is 11.6 Å². The number of carbonyl (C=O) groups is 1. The van der Waals surface area contributed by atoms with E-state index in [9.17, 15) is 14.9 Å². The Morgan fingerprint density at radius 2 is 1.75 bits per heavy atom. The number of hydrogen-bond acceptors (Lipinski definition) is 4. The van der Waals surface area contributed by atoms with E-state index in [0.717, 1.165) is 5.56 Å². The molecule has 0 unspecified atom stereocenters. The van der Waals surface area contributed by atoms with Gasteiger partial charge in [-0.15, -0.1) is 0 Å². The normalized spacial score (nSPS) is 13.1. The van der Waals surface area contributed by atoms with Gasteiger partial charge in [0.1, 0.15) is 0 Å². The molecule has 0 saturated carbocycles. The third-order valence-electron chi connectivity index (χ3n) is 4.08. The van der Waals surface area contributed by atoms with Crippen LogP contribution in [0.3, 0.4) is 0 Å². The minimum Gasteiger partial charge on any atom is -0.341 e. The zero-order valence-electron chi connectivity index (χ0n) is 13.8. The summed E-state index contributed by atoms with van der Waals surface area (Å²) >= 11 is 0. The molecule has 1 amide bonds. The topological polar surface area (TPSA) is 89.5 Å². The van der Waals surface area contributed by atoms with Crippen LogP contribution in [0.15, 0.2) is 54.6 Å². The maximum atomic E-state index is 12.6. The molecule has 0 bridgehead atoms. The number of amides is 1. The number of carbonyl (C=O) groups excluding carboxylic acids is 1. The molecule has 0 aliphatic heterocycles. The van der Waals surface area contributed by atoms with E-state index in [4.69, 9.17) is 5.73 Å². The highest BCUT2D eigenvalue weighted by Gasteiger charge is 2.26. The van der Waals surface area contributed by atoms with E-state index < -0.39 is 16.9 Å². The number of nitro groups is 1. The van der Waals surface area contributed by atoms with Crippen LogP contribution in [0.2, 0.25) is 0 Å². The number of nitro benzene ring substituents is 1. The Kier molecular flexibility index (Phi) is 5.65. The van der Waals surface area contributed by atoms with Gasteiger partial charge in [-0.1, -0.05) is 55.5 Å². The van der Waals surface area contributed by atoms with E-state index in [-0.39, 0.29) is 18.1 Å². The monoisotopic (exact) mass is 327 g/mol. The van der Waals surface area contributed by atoms with Crippen LogP contribution >= 0.6 is 0 Å². The molecule has 2 N–H and O–H groups in total. The predicted octanol–water partition coefficient (Wildman–Crippen LogP) is 2.89. The Bertz CT molecular complexity index is 718. The molecule has 0 spiro atoms. The summed E-state index contributed by atoms with van der Waals surface area (Å²) in [7, 11) is 1.63. The van der Waals surface area contributed by atoms with Crippen LogP contribution in [-0.4, -0.2) is 22.8 Å². The van der Waals surface area contributed by atoms with Crippen molar-refractivity contribution in [3.63, 3.8) is 0 Å². The van der Waals surface area contributed by atoms with Crippen LogP contribution in [-0.2, 0) is 11.3 Å². The Hall–Kier alpha value is -2.73. The van der Waals surface area contributed by atoms with Gasteiger partial charge in [0.25, 0.3) is 5.69 Å². The average Bonchev–Trinajstić information content (AvgIpc) is 2.60. The van der Waals surface area contributed by atoms with Crippen LogP contribution in [0.5, 0.6) is 0 Å². The first-order chi connectivity index (χ1) is 11.4. The molecule has 0 saturated heterocycles. The molecule has 2 aromatic carbocycles. The fraction of sp³-hybridized carbons (Fsp3) is 0.278. The van der Waals surface area contributed by atoms with Crippen molar-refractivity contribution in [3.8, 4) is 0 Å². The van der Waals surface area contributed by atoms with Gasteiger partial charge < -0.3 is 10.6 Å². The highest BCUT2D eigenvalue weighted by Crippen LogP contribution is 2.23. The van der Waals surface area contributed by atoms with Gasteiger partial charge in [0.15, 0.2) is 0 Å². The van der Waals surface area contributed by atoms with Crippen molar-refractivity contribution in [3.05, 3.63) is 75.8 Å². The van der Waals surface area contributed by atoms with Gasteiger partial charge in [0, 0.05) is 24.7 Å². The lowest BCUT2D eigenvalue weighted by Crippen LogP contribution is -2.36. The molecule has 6 nitrogen and oxygen atoms in total. The molecular formula is C18H21N3O3. The quantitative estimate of drug-likeness (QED) is 0.652. The Morgan fingerprint density at radius 3 is 2.38 bits per heavy atom. The van der Waals surface area contributed by atoms with Gasteiger partial charge in [-0.25, -0.2) is 0 Å². The van der Waals surface area contributed by atoms with E-state index >= 15 is 0 Å². The van der Waals surface area contributed by atoms with Crippen molar-refractivity contribution < 1.29 is 9.72 Å². The smallest absolute Gasteiger partial charge is 0.274 e. The van der Waals surface area contributed by atoms with Gasteiger partial charge in [-0.2, -0.15) is 0 Å². The molecule has 0 fully saturated rings. The summed E-state index contributed by atoms with van der Waals surface area (Å²) in [5.41, 5.74) is 7.59. The first kappa shape index (κ1) is 17.6. The zero-order valence-corrected chi connectivity index (χ0v) is 13.8. The number of benzene rings is 2. The molecule has 6 heteroatoms. The Balaban J connectivity index is 2.11. The lowest BCUT2D eigenvalue weighted by Gasteiger charge is -2.25. The lowest BCUT2D eigenvalue weighted by atomic mass is 9.94. The van der Waals surface area contributed by atoms with Crippen LogP contribution in [0.25, 0.3) is 0 Å². The van der Waals surface area contributed by atoms with Gasteiger partial charge >= 0.3 is 0 Å². The second kappa shape index (κ2) is 7.70. The maximum absolute atomic E-state index is 12.6. The summed E-state index contributed by atoms with van der Waals surface area (Å²) < 4.78 is 0. The molecular weight excluding hydrogens is 306 g/mol. The molecule has 0 aliphatic rings. The van der Waals surface area contributed by atoms with Crippen molar-refractivity contribution in [2.75, 3.05) is 7.05 Å². The van der Waals surface area contributed by atoms with E-state index in [1.54, 1.807) is 32.2 Å². The van der Waals surface area contributed by atoms with Crippen molar-refractivity contribution in [2.24, 2.45) is 11.7 Å². The third kappa shape index (κ3) is 3.97. The minimum atomic E-state index is -0.438. The van der Waals surface area contributed by atoms with Gasteiger partial charge in [0.05, 0.1) is 17.4 Å². The van der Waals surface area contributed by atoms with Crippen LogP contribution in [0.4, 0.5) is 5.69 Å². The summed E-state index contributed by atoms with van der Waals surface area (Å²) in [5.74, 6) is -0.579. The molecule has 2 rings (SSSR count). The van der Waals surface area contributed by atoms with Crippen LogP contribution in [0, 0.1) is 16.0 Å². The second-order valence-electron chi connectivity index (χ2n) is 5.81. The zero-order chi connectivity index (χ0) is 17.7. The predicted molar refractivity (Wildman–Crippen MR) is 92.1 cm³/mol. The summed E-state index contributed by atoms with van der Waals surface area (Å²) in [6.45, 7) is 1.94. The minimum absolute atomic E-state index is 0.0113. The van der Waals surface area contributed by atoms with Crippen LogP contribution < -0.4 is 5.73 Å². The van der Waals surface area contributed by atoms with Gasteiger partial charge in [-0.3, -0.25) is 14.9 Å². The highest BCUT2D eigenvalue weighted by atomic mass is 16.6. The van der Waals surface area contributed by atoms with Crippen molar-refractivity contribution in [1.82, 2.24) is 4.90 Å². The van der Waals surface area contributed by atoms with Crippen LogP contribution in [0.1, 0.15) is 24.1 Å².